The lowest BCUT2D eigenvalue weighted by Gasteiger charge is -2.09. The largest absolute Gasteiger partial charge is 0.434 e. The van der Waals surface area contributed by atoms with Gasteiger partial charge in [0.05, 0.1) is 5.69 Å². The Bertz CT molecular complexity index is 578. The fraction of sp³-hybridized carbons (Fsp3) is 0.308. The summed E-state index contributed by atoms with van der Waals surface area (Å²) < 4.78 is 21.0. The molecular weight excluding hydrogens is 233 g/mol. The third-order valence-electron chi connectivity index (χ3n) is 2.79. The van der Waals surface area contributed by atoms with Crippen molar-refractivity contribution in [3.05, 3.63) is 35.3 Å². The van der Waals surface area contributed by atoms with Gasteiger partial charge in [0.1, 0.15) is 5.69 Å². The van der Waals surface area contributed by atoms with Gasteiger partial charge in [-0.1, -0.05) is 12.1 Å². The maximum Gasteiger partial charge on any atom is 0.241 e. The molecule has 0 atom stereocenters. The predicted molar refractivity (Wildman–Crippen MR) is 68.3 cm³/mol. The van der Waals surface area contributed by atoms with E-state index in [1.807, 2.05) is 6.92 Å². The number of hydrogen-bond donors (Lipinski definition) is 1. The van der Waals surface area contributed by atoms with Crippen LogP contribution in [-0.2, 0) is 6.54 Å². The molecule has 2 rings (SSSR count). The van der Waals surface area contributed by atoms with Crippen LogP contribution in [0.4, 0.5) is 10.1 Å². The normalized spacial score (nSPS) is 10.7. The van der Waals surface area contributed by atoms with E-state index in [4.69, 9.17) is 10.5 Å². The lowest BCUT2D eigenvalue weighted by molar-refractivity contribution is 0.393. The minimum absolute atomic E-state index is 0.163. The molecule has 0 bridgehead atoms. The van der Waals surface area contributed by atoms with Crippen molar-refractivity contribution >= 4 is 5.69 Å². The molecule has 2 aromatic rings. The van der Waals surface area contributed by atoms with Crippen molar-refractivity contribution in [2.75, 3.05) is 5.73 Å². The second-order valence-corrected chi connectivity index (χ2v) is 4.11. The van der Waals surface area contributed by atoms with Gasteiger partial charge in [-0.05, 0) is 32.4 Å². The lowest BCUT2D eigenvalue weighted by atomic mass is 10.2. The molecule has 0 aliphatic carbocycles. The molecule has 0 spiro atoms. The van der Waals surface area contributed by atoms with Crippen molar-refractivity contribution in [3.63, 3.8) is 0 Å². The number of nitrogens with zero attached hydrogens (tertiary/aromatic N) is 2. The average molecular weight is 249 g/mol. The van der Waals surface area contributed by atoms with Crippen molar-refractivity contribution in [3.8, 4) is 11.6 Å². The summed E-state index contributed by atoms with van der Waals surface area (Å²) in [6.07, 6.45) is 0. The number of anilines is 1. The highest BCUT2D eigenvalue weighted by Crippen LogP contribution is 2.31. The summed E-state index contributed by atoms with van der Waals surface area (Å²) >= 11 is 0. The molecule has 18 heavy (non-hydrogen) atoms. The summed E-state index contributed by atoms with van der Waals surface area (Å²) in [5.74, 6) is 0.175. The molecule has 0 saturated heterocycles. The van der Waals surface area contributed by atoms with Gasteiger partial charge in [-0.2, -0.15) is 5.10 Å². The number of nitrogen functional groups attached to an aromatic ring is 1. The number of hydrogen-bond acceptors (Lipinski definition) is 3. The van der Waals surface area contributed by atoms with Crippen LogP contribution in [0.3, 0.4) is 0 Å². The van der Waals surface area contributed by atoms with Gasteiger partial charge < -0.3 is 10.5 Å². The highest BCUT2D eigenvalue weighted by molar-refractivity contribution is 5.54. The second kappa shape index (κ2) is 4.68. The highest BCUT2D eigenvalue weighted by atomic mass is 19.1. The van der Waals surface area contributed by atoms with Crippen LogP contribution >= 0.6 is 0 Å². The van der Waals surface area contributed by atoms with Crippen LogP contribution in [0.15, 0.2) is 18.2 Å². The minimum Gasteiger partial charge on any atom is -0.434 e. The summed E-state index contributed by atoms with van der Waals surface area (Å²) in [5, 5.41) is 4.22. The molecule has 0 saturated carbocycles. The number of ether oxygens (including phenoxy) is 1. The van der Waals surface area contributed by atoms with E-state index < -0.39 is 0 Å². The van der Waals surface area contributed by atoms with Gasteiger partial charge in [0.15, 0.2) is 11.6 Å². The molecular formula is C13H16FN3O. The third kappa shape index (κ3) is 2.03. The molecule has 5 heteroatoms. The molecule has 0 fully saturated rings. The SMILES string of the molecule is CCn1nc(C)c(N)c1Oc1cccc(C)c1F. The lowest BCUT2D eigenvalue weighted by Crippen LogP contribution is -2.02. The van der Waals surface area contributed by atoms with E-state index >= 15 is 0 Å². The molecule has 1 aromatic carbocycles. The molecule has 0 aliphatic heterocycles. The standard InChI is InChI=1S/C13H16FN3O/c1-4-17-13(12(15)9(3)16-17)18-10-7-5-6-8(2)11(10)14/h5-7H,4,15H2,1-3H3. The first kappa shape index (κ1) is 12.4. The van der Waals surface area contributed by atoms with E-state index in [0.29, 0.717) is 29.4 Å². The minimum atomic E-state index is -0.376. The Morgan fingerprint density at radius 3 is 2.78 bits per heavy atom. The van der Waals surface area contributed by atoms with Crippen molar-refractivity contribution in [1.82, 2.24) is 9.78 Å². The van der Waals surface area contributed by atoms with Crippen LogP contribution in [0.2, 0.25) is 0 Å². The summed E-state index contributed by atoms with van der Waals surface area (Å²) in [6.45, 7) is 6.01. The Hall–Kier alpha value is -2.04. The van der Waals surface area contributed by atoms with Crippen LogP contribution in [-0.4, -0.2) is 9.78 Å². The zero-order valence-electron chi connectivity index (χ0n) is 10.7. The zero-order chi connectivity index (χ0) is 13.3. The fourth-order valence-electron chi connectivity index (χ4n) is 1.70. The van der Waals surface area contributed by atoms with E-state index in [1.165, 1.54) is 0 Å². The maximum absolute atomic E-state index is 13.9. The summed E-state index contributed by atoms with van der Waals surface area (Å²) in [6, 6.07) is 5.00. The fourth-order valence-corrected chi connectivity index (χ4v) is 1.70. The summed E-state index contributed by atoms with van der Waals surface area (Å²) in [4.78, 5) is 0. The number of benzene rings is 1. The Kier molecular flexibility index (Phi) is 3.23. The molecule has 1 heterocycles. The van der Waals surface area contributed by atoms with Crippen LogP contribution in [0.5, 0.6) is 11.6 Å². The number of rotatable bonds is 3. The molecule has 4 nitrogen and oxygen atoms in total. The molecule has 0 radical (unpaired) electrons. The molecule has 0 aliphatic rings. The van der Waals surface area contributed by atoms with Crippen LogP contribution in [0.1, 0.15) is 18.2 Å². The summed E-state index contributed by atoms with van der Waals surface area (Å²) in [7, 11) is 0. The van der Waals surface area contributed by atoms with Gasteiger partial charge in [-0.15, -0.1) is 0 Å². The first-order valence-corrected chi connectivity index (χ1v) is 5.80. The average Bonchev–Trinajstić information content (AvgIpc) is 2.62. The highest BCUT2D eigenvalue weighted by Gasteiger charge is 2.16. The third-order valence-corrected chi connectivity index (χ3v) is 2.79. The Labute approximate surface area is 105 Å². The topological polar surface area (TPSA) is 53.1 Å². The van der Waals surface area contributed by atoms with E-state index in [1.54, 1.807) is 36.7 Å². The van der Waals surface area contributed by atoms with Gasteiger partial charge >= 0.3 is 0 Å². The van der Waals surface area contributed by atoms with Gasteiger partial charge in [0.25, 0.3) is 0 Å². The number of aromatic nitrogens is 2. The molecule has 96 valence electrons. The smallest absolute Gasteiger partial charge is 0.241 e. The second-order valence-electron chi connectivity index (χ2n) is 4.11. The van der Waals surface area contributed by atoms with Crippen molar-refractivity contribution < 1.29 is 9.13 Å². The zero-order valence-corrected chi connectivity index (χ0v) is 10.7. The quantitative estimate of drug-likeness (QED) is 0.909. The van der Waals surface area contributed by atoms with Crippen LogP contribution < -0.4 is 10.5 Å². The van der Waals surface area contributed by atoms with Crippen molar-refractivity contribution in [1.29, 1.82) is 0 Å². The number of nitrogens with two attached hydrogens (primary N) is 1. The van der Waals surface area contributed by atoms with Crippen LogP contribution in [0.25, 0.3) is 0 Å². The molecule has 2 N–H and O–H groups in total. The van der Waals surface area contributed by atoms with Gasteiger partial charge in [0, 0.05) is 6.54 Å². The first-order valence-electron chi connectivity index (χ1n) is 5.80. The monoisotopic (exact) mass is 249 g/mol. The van der Waals surface area contributed by atoms with Crippen molar-refractivity contribution in [2.45, 2.75) is 27.3 Å². The van der Waals surface area contributed by atoms with Gasteiger partial charge in [-0.25, -0.2) is 9.07 Å². The number of aryl methyl sites for hydroxylation is 3. The molecule has 0 unspecified atom stereocenters. The molecule has 1 aromatic heterocycles. The van der Waals surface area contributed by atoms with E-state index in [2.05, 4.69) is 5.10 Å². The van der Waals surface area contributed by atoms with E-state index in [-0.39, 0.29) is 11.6 Å². The van der Waals surface area contributed by atoms with Crippen molar-refractivity contribution in [2.24, 2.45) is 0 Å². The molecule has 0 amide bonds. The predicted octanol–water partition coefficient (Wildman–Crippen LogP) is 3.03. The Morgan fingerprint density at radius 1 is 1.39 bits per heavy atom. The van der Waals surface area contributed by atoms with E-state index in [0.717, 1.165) is 0 Å². The van der Waals surface area contributed by atoms with E-state index in [9.17, 15) is 4.39 Å². The van der Waals surface area contributed by atoms with Crippen LogP contribution in [0, 0.1) is 19.7 Å². The first-order chi connectivity index (χ1) is 8.54. The van der Waals surface area contributed by atoms with Gasteiger partial charge in [0.2, 0.25) is 5.88 Å². The number of halogens is 1. The summed E-state index contributed by atoms with van der Waals surface area (Å²) in [5.41, 5.74) is 7.54. The van der Waals surface area contributed by atoms with Gasteiger partial charge in [-0.3, -0.25) is 0 Å². The Balaban J connectivity index is 2.43. The Morgan fingerprint density at radius 2 is 2.11 bits per heavy atom. The maximum atomic E-state index is 13.9.